The molecule has 2 aliphatic rings. The Kier molecular flexibility index (Phi) is 2.40. The van der Waals surface area contributed by atoms with E-state index < -0.39 is 11.7 Å². The van der Waals surface area contributed by atoms with Crippen molar-refractivity contribution in [1.29, 1.82) is 0 Å². The Hall–Kier alpha value is -1.52. The fraction of sp³-hybridized carbons (Fsp3) is 0.462. The van der Waals surface area contributed by atoms with Gasteiger partial charge in [-0.3, -0.25) is 4.79 Å². The van der Waals surface area contributed by atoms with Crippen LogP contribution in [0, 0.1) is 11.8 Å². The molecule has 3 rings (SSSR count). The summed E-state index contributed by atoms with van der Waals surface area (Å²) in [5, 5.41) is 0. The summed E-state index contributed by atoms with van der Waals surface area (Å²) in [6, 6.07) is 4.44. The first kappa shape index (κ1) is 11.6. The summed E-state index contributed by atoms with van der Waals surface area (Å²) < 4.78 is 37.1. The zero-order valence-corrected chi connectivity index (χ0v) is 9.57. The number of piperidine rings is 1. The van der Waals surface area contributed by atoms with Crippen LogP contribution in [-0.4, -0.2) is 23.9 Å². The Morgan fingerprint density at radius 2 is 1.67 bits per heavy atom. The van der Waals surface area contributed by atoms with Crippen molar-refractivity contribution < 1.29 is 18.0 Å². The molecular formula is C13H12F3NO. The van der Waals surface area contributed by atoms with Crippen LogP contribution in [0.3, 0.4) is 0 Å². The second-order valence-electron chi connectivity index (χ2n) is 5.04. The number of hydrogen-bond acceptors (Lipinski definition) is 1. The Morgan fingerprint density at radius 1 is 1.11 bits per heavy atom. The lowest BCUT2D eigenvalue weighted by Crippen LogP contribution is -2.30. The summed E-state index contributed by atoms with van der Waals surface area (Å²) in [6.45, 7) is 1.51. The molecule has 0 aromatic heterocycles. The van der Waals surface area contributed by atoms with Gasteiger partial charge in [0.05, 0.1) is 5.56 Å². The summed E-state index contributed by atoms with van der Waals surface area (Å²) in [7, 11) is 0. The van der Waals surface area contributed by atoms with Crippen LogP contribution in [0.2, 0.25) is 0 Å². The van der Waals surface area contributed by atoms with Crippen molar-refractivity contribution in [3.63, 3.8) is 0 Å². The smallest absolute Gasteiger partial charge is 0.338 e. The second kappa shape index (κ2) is 3.73. The summed E-state index contributed by atoms with van der Waals surface area (Å²) in [6.07, 6.45) is -3.16. The second-order valence-corrected chi connectivity index (χ2v) is 5.04. The van der Waals surface area contributed by atoms with E-state index in [2.05, 4.69) is 0 Å². The molecule has 96 valence electrons. The molecule has 0 spiro atoms. The van der Waals surface area contributed by atoms with Crippen molar-refractivity contribution in [2.75, 3.05) is 13.1 Å². The number of carbonyl (C=O) groups is 1. The van der Waals surface area contributed by atoms with E-state index in [0.29, 0.717) is 17.4 Å². The lowest BCUT2D eigenvalue weighted by molar-refractivity contribution is -0.137. The monoisotopic (exact) mass is 255 g/mol. The first-order chi connectivity index (χ1) is 8.45. The maximum absolute atomic E-state index is 12.4. The van der Waals surface area contributed by atoms with Gasteiger partial charge in [0.2, 0.25) is 0 Å². The molecule has 1 amide bonds. The Balaban J connectivity index is 1.74. The van der Waals surface area contributed by atoms with Gasteiger partial charge in [-0.25, -0.2) is 0 Å². The van der Waals surface area contributed by atoms with E-state index in [-0.39, 0.29) is 5.91 Å². The number of carbonyl (C=O) groups excluding carboxylic acids is 1. The first-order valence-electron chi connectivity index (χ1n) is 5.91. The van der Waals surface area contributed by atoms with Gasteiger partial charge in [-0.15, -0.1) is 0 Å². The molecule has 1 saturated carbocycles. The predicted molar refractivity (Wildman–Crippen MR) is 58.9 cm³/mol. The summed E-state index contributed by atoms with van der Waals surface area (Å²) in [5.41, 5.74) is -0.382. The topological polar surface area (TPSA) is 20.3 Å². The van der Waals surface area contributed by atoms with Gasteiger partial charge >= 0.3 is 6.18 Å². The van der Waals surface area contributed by atoms with Gasteiger partial charge in [0.15, 0.2) is 0 Å². The van der Waals surface area contributed by atoms with Crippen molar-refractivity contribution in [1.82, 2.24) is 4.90 Å². The van der Waals surface area contributed by atoms with Gasteiger partial charge in [0.25, 0.3) is 5.91 Å². The molecule has 2 nitrogen and oxygen atoms in total. The molecule has 2 fully saturated rings. The van der Waals surface area contributed by atoms with Crippen LogP contribution < -0.4 is 0 Å². The number of nitrogens with zero attached hydrogens (tertiary/aromatic N) is 1. The predicted octanol–water partition coefficient (Wildman–Crippen LogP) is 2.80. The fourth-order valence-electron chi connectivity index (χ4n) is 2.55. The molecule has 1 aliphatic heterocycles. The quantitative estimate of drug-likeness (QED) is 0.755. The lowest BCUT2D eigenvalue weighted by atomic mass is 10.1. The average Bonchev–Trinajstić information content (AvgIpc) is 2.94. The number of amides is 1. The van der Waals surface area contributed by atoms with Gasteiger partial charge < -0.3 is 4.90 Å². The van der Waals surface area contributed by atoms with Gasteiger partial charge in [0, 0.05) is 18.7 Å². The zero-order chi connectivity index (χ0) is 12.9. The van der Waals surface area contributed by atoms with Crippen molar-refractivity contribution >= 4 is 5.91 Å². The Morgan fingerprint density at radius 3 is 2.17 bits per heavy atom. The zero-order valence-electron chi connectivity index (χ0n) is 9.57. The van der Waals surface area contributed by atoms with Crippen LogP contribution in [0.25, 0.3) is 0 Å². The highest BCUT2D eigenvalue weighted by Gasteiger charge is 2.46. The summed E-state index contributed by atoms with van der Waals surface area (Å²) >= 11 is 0. The van der Waals surface area contributed by atoms with Crippen LogP contribution in [0.1, 0.15) is 22.3 Å². The van der Waals surface area contributed by atoms with Crippen LogP contribution in [0.5, 0.6) is 0 Å². The molecule has 5 heteroatoms. The number of rotatable bonds is 1. The Labute approximate surface area is 102 Å². The largest absolute Gasteiger partial charge is 0.416 e. The molecule has 0 bridgehead atoms. The number of hydrogen-bond donors (Lipinski definition) is 0. The maximum atomic E-state index is 12.4. The van der Waals surface area contributed by atoms with E-state index in [4.69, 9.17) is 0 Å². The van der Waals surface area contributed by atoms with E-state index in [9.17, 15) is 18.0 Å². The van der Waals surface area contributed by atoms with Crippen molar-refractivity contribution in [3.8, 4) is 0 Å². The van der Waals surface area contributed by atoms with Crippen LogP contribution in [-0.2, 0) is 6.18 Å². The number of fused-ring (bicyclic) bond motifs is 1. The number of halogens is 3. The van der Waals surface area contributed by atoms with Gasteiger partial charge in [-0.1, -0.05) is 0 Å². The van der Waals surface area contributed by atoms with Crippen molar-refractivity contribution in [3.05, 3.63) is 35.4 Å². The van der Waals surface area contributed by atoms with E-state index in [0.717, 1.165) is 25.2 Å². The minimum Gasteiger partial charge on any atom is -0.338 e. The molecule has 1 saturated heterocycles. The molecule has 18 heavy (non-hydrogen) atoms. The standard InChI is InChI=1S/C13H12F3NO/c14-13(15,16)11-3-1-8(2-4-11)12(18)17-6-9-5-10(9)7-17/h1-4,9-10H,5-7H2. The molecule has 0 N–H and O–H groups in total. The van der Waals surface area contributed by atoms with Gasteiger partial charge in [0.1, 0.15) is 0 Å². The normalized spacial score (nSPS) is 26.1. The number of benzene rings is 1. The van der Waals surface area contributed by atoms with Gasteiger partial charge in [-0.05, 0) is 42.5 Å². The minimum absolute atomic E-state index is 0.157. The molecule has 1 aliphatic carbocycles. The van der Waals surface area contributed by atoms with Crippen LogP contribution >= 0.6 is 0 Å². The van der Waals surface area contributed by atoms with Crippen molar-refractivity contribution in [2.45, 2.75) is 12.6 Å². The van der Waals surface area contributed by atoms with E-state index >= 15 is 0 Å². The molecule has 0 radical (unpaired) electrons. The molecule has 2 unspecified atom stereocenters. The maximum Gasteiger partial charge on any atom is 0.416 e. The fourth-order valence-corrected chi connectivity index (χ4v) is 2.55. The molecule has 1 heterocycles. The highest BCUT2D eigenvalue weighted by atomic mass is 19.4. The summed E-state index contributed by atoms with van der Waals surface area (Å²) in [5.74, 6) is 1.10. The third-order valence-electron chi connectivity index (χ3n) is 3.73. The molecule has 2 atom stereocenters. The third-order valence-corrected chi connectivity index (χ3v) is 3.73. The third kappa shape index (κ3) is 1.98. The van der Waals surface area contributed by atoms with Crippen LogP contribution in [0.15, 0.2) is 24.3 Å². The average molecular weight is 255 g/mol. The highest BCUT2D eigenvalue weighted by Crippen LogP contribution is 2.45. The molecule has 1 aromatic carbocycles. The van der Waals surface area contributed by atoms with Crippen LogP contribution in [0.4, 0.5) is 13.2 Å². The number of alkyl halides is 3. The van der Waals surface area contributed by atoms with E-state index in [1.165, 1.54) is 18.6 Å². The SMILES string of the molecule is O=C(c1ccc(C(F)(F)F)cc1)N1CC2CC2C1. The highest BCUT2D eigenvalue weighted by molar-refractivity contribution is 5.94. The van der Waals surface area contributed by atoms with Crippen molar-refractivity contribution in [2.24, 2.45) is 11.8 Å². The number of likely N-dealkylation sites (tertiary alicyclic amines) is 1. The molecular weight excluding hydrogens is 243 g/mol. The Bertz CT molecular complexity index is 470. The first-order valence-corrected chi connectivity index (χ1v) is 5.91. The lowest BCUT2D eigenvalue weighted by Gasteiger charge is -2.18. The van der Waals surface area contributed by atoms with E-state index in [1.807, 2.05) is 0 Å². The molecule has 1 aromatic rings. The minimum atomic E-state index is -4.35. The van der Waals surface area contributed by atoms with Gasteiger partial charge in [-0.2, -0.15) is 13.2 Å². The summed E-state index contributed by atoms with van der Waals surface area (Å²) in [4.78, 5) is 13.8. The van der Waals surface area contributed by atoms with E-state index in [1.54, 1.807) is 4.90 Å².